The molecule has 2 aliphatic heterocycles. The Morgan fingerprint density at radius 2 is 1.82 bits per heavy atom. The first kappa shape index (κ1) is 21.9. The van der Waals surface area contributed by atoms with Crippen molar-refractivity contribution < 1.29 is 14.4 Å². The van der Waals surface area contributed by atoms with E-state index in [0.717, 1.165) is 42.7 Å². The van der Waals surface area contributed by atoms with Crippen molar-refractivity contribution >= 4 is 34.4 Å². The van der Waals surface area contributed by atoms with Crippen molar-refractivity contribution in [2.45, 2.75) is 71.4 Å². The van der Waals surface area contributed by atoms with Gasteiger partial charge in [0.2, 0.25) is 17.7 Å². The van der Waals surface area contributed by atoms with E-state index in [-0.39, 0.29) is 35.5 Å². The maximum Gasteiger partial charge on any atom is 0.247 e. The molecule has 1 N–H and O–H groups in total. The van der Waals surface area contributed by atoms with Crippen molar-refractivity contribution in [2.75, 3.05) is 5.32 Å². The Hall–Kier alpha value is -2.96. The summed E-state index contributed by atoms with van der Waals surface area (Å²) in [6.07, 6.45) is 10.0. The predicted molar refractivity (Wildman–Crippen MR) is 126 cm³/mol. The second-order valence-corrected chi connectivity index (χ2v) is 10.0. The number of nitrogens with zero attached hydrogens (tertiary/aromatic N) is 3. The Balaban J connectivity index is 1.39. The number of benzene rings is 1. The van der Waals surface area contributed by atoms with Gasteiger partial charge in [-0.05, 0) is 56.2 Å². The number of amides is 3. The van der Waals surface area contributed by atoms with Crippen molar-refractivity contribution in [3.8, 4) is 0 Å². The highest BCUT2D eigenvalue weighted by atomic mass is 16.2. The van der Waals surface area contributed by atoms with E-state index in [1.54, 1.807) is 0 Å². The third-order valence-electron chi connectivity index (χ3n) is 7.23. The summed E-state index contributed by atoms with van der Waals surface area (Å²) in [4.78, 5) is 45.7. The van der Waals surface area contributed by atoms with Crippen LogP contribution in [-0.4, -0.2) is 38.2 Å². The van der Waals surface area contributed by atoms with Gasteiger partial charge in [0.05, 0.1) is 22.9 Å². The summed E-state index contributed by atoms with van der Waals surface area (Å²) >= 11 is 0. The van der Waals surface area contributed by atoms with Gasteiger partial charge in [-0.15, -0.1) is 0 Å². The standard InChI is InChI=1S/C26H32N4O3/c1-16(2)14-22(30-25(32)18-8-5-6-9-19(18)26(30)33)24(31)27-17-11-12-21-20(15-17)28-23-10-4-3-7-13-29(21)23/h5-6,11-12,15-16,18-19,22H,3-4,7-10,13-14H2,1-2H3,(H,27,31). The number of hydrogen-bond acceptors (Lipinski definition) is 4. The molecule has 0 radical (unpaired) electrons. The molecule has 33 heavy (non-hydrogen) atoms. The predicted octanol–water partition coefficient (Wildman–Crippen LogP) is 4.07. The number of aryl methyl sites for hydroxylation is 2. The Bertz CT molecular complexity index is 1110. The van der Waals surface area contributed by atoms with Crippen LogP contribution in [0.25, 0.3) is 11.0 Å². The number of anilines is 1. The van der Waals surface area contributed by atoms with E-state index in [1.807, 2.05) is 44.2 Å². The Morgan fingerprint density at radius 3 is 2.52 bits per heavy atom. The molecule has 174 valence electrons. The van der Waals surface area contributed by atoms with E-state index in [9.17, 15) is 14.4 Å². The minimum absolute atomic E-state index is 0.161. The molecule has 0 bridgehead atoms. The summed E-state index contributed by atoms with van der Waals surface area (Å²) in [7, 11) is 0. The fraction of sp³-hybridized carbons (Fsp3) is 0.538. The smallest absolute Gasteiger partial charge is 0.247 e. The number of fused-ring (bicyclic) bond motifs is 4. The lowest BCUT2D eigenvalue weighted by Crippen LogP contribution is -2.48. The van der Waals surface area contributed by atoms with Gasteiger partial charge < -0.3 is 9.88 Å². The number of hydrogen-bond donors (Lipinski definition) is 1. The Labute approximate surface area is 194 Å². The first-order valence-electron chi connectivity index (χ1n) is 12.3. The Morgan fingerprint density at radius 1 is 1.09 bits per heavy atom. The highest BCUT2D eigenvalue weighted by Gasteiger charge is 2.51. The molecule has 5 rings (SSSR count). The zero-order valence-corrected chi connectivity index (χ0v) is 19.4. The fourth-order valence-corrected chi connectivity index (χ4v) is 5.56. The molecule has 3 atom stereocenters. The number of imidazole rings is 1. The zero-order chi connectivity index (χ0) is 23.1. The van der Waals surface area contributed by atoms with Gasteiger partial charge in [-0.1, -0.05) is 32.4 Å². The van der Waals surface area contributed by atoms with Crippen LogP contribution >= 0.6 is 0 Å². The summed E-state index contributed by atoms with van der Waals surface area (Å²) in [5.41, 5.74) is 2.60. The van der Waals surface area contributed by atoms with Crippen molar-refractivity contribution in [3.63, 3.8) is 0 Å². The molecule has 1 aliphatic carbocycles. The molecule has 3 unspecified atom stereocenters. The second-order valence-electron chi connectivity index (χ2n) is 10.0. The van der Waals surface area contributed by atoms with Crippen LogP contribution in [0.15, 0.2) is 30.4 Å². The number of allylic oxidation sites excluding steroid dienone is 2. The van der Waals surface area contributed by atoms with Gasteiger partial charge in [-0.3, -0.25) is 19.3 Å². The molecule has 0 spiro atoms. The van der Waals surface area contributed by atoms with Crippen LogP contribution in [0, 0.1) is 17.8 Å². The molecular weight excluding hydrogens is 416 g/mol. The average Bonchev–Trinajstić information content (AvgIpc) is 3.14. The van der Waals surface area contributed by atoms with Gasteiger partial charge in [-0.2, -0.15) is 0 Å². The van der Waals surface area contributed by atoms with Gasteiger partial charge >= 0.3 is 0 Å². The molecule has 1 fully saturated rings. The van der Waals surface area contributed by atoms with E-state index < -0.39 is 6.04 Å². The van der Waals surface area contributed by atoms with Gasteiger partial charge in [-0.25, -0.2) is 4.98 Å². The maximum atomic E-state index is 13.4. The van der Waals surface area contributed by atoms with Crippen LogP contribution in [0.5, 0.6) is 0 Å². The van der Waals surface area contributed by atoms with E-state index in [1.165, 1.54) is 11.3 Å². The van der Waals surface area contributed by atoms with Crippen molar-refractivity contribution in [1.29, 1.82) is 0 Å². The van der Waals surface area contributed by atoms with Gasteiger partial charge in [0.1, 0.15) is 11.9 Å². The number of nitrogens with one attached hydrogen (secondary N) is 1. The topological polar surface area (TPSA) is 84.3 Å². The first-order valence-corrected chi connectivity index (χ1v) is 12.3. The lowest BCUT2D eigenvalue weighted by Gasteiger charge is -2.27. The molecule has 3 amide bonds. The SMILES string of the molecule is CC(C)CC(C(=O)Nc1ccc2c(c1)nc1n2CCCCC1)N1C(=O)C2CC=CCC2C1=O. The van der Waals surface area contributed by atoms with Crippen LogP contribution in [0.4, 0.5) is 5.69 Å². The number of aromatic nitrogens is 2. The van der Waals surface area contributed by atoms with Crippen molar-refractivity contribution in [2.24, 2.45) is 17.8 Å². The normalized spacial score (nSPS) is 23.5. The minimum atomic E-state index is -0.801. The third kappa shape index (κ3) is 3.98. The van der Waals surface area contributed by atoms with E-state index in [2.05, 4.69) is 9.88 Å². The van der Waals surface area contributed by atoms with Gasteiger partial charge in [0.15, 0.2) is 0 Å². The first-order chi connectivity index (χ1) is 15.9. The minimum Gasteiger partial charge on any atom is -0.328 e. The number of carbonyl (C=O) groups excluding carboxylic acids is 3. The molecule has 7 heteroatoms. The molecule has 1 saturated heterocycles. The monoisotopic (exact) mass is 448 g/mol. The maximum absolute atomic E-state index is 13.4. The van der Waals surface area contributed by atoms with Crippen LogP contribution in [-0.2, 0) is 27.3 Å². The van der Waals surface area contributed by atoms with Gasteiger partial charge in [0, 0.05) is 18.7 Å². The molecule has 2 aromatic rings. The van der Waals surface area contributed by atoms with E-state index in [4.69, 9.17) is 4.98 Å². The van der Waals surface area contributed by atoms with Crippen molar-refractivity contribution in [1.82, 2.24) is 14.5 Å². The summed E-state index contributed by atoms with van der Waals surface area (Å²) in [5, 5.41) is 2.98. The summed E-state index contributed by atoms with van der Waals surface area (Å²) in [5.74, 6) is -0.116. The lowest BCUT2D eigenvalue weighted by atomic mass is 9.85. The van der Waals surface area contributed by atoms with Crippen LogP contribution < -0.4 is 5.32 Å². The van der Waals surface area contributed by atoms with E-state index in [0.29, 0.717) is 24.9 Å². The molecule has 3 aliphatic rings. The highest BCUT2D eigenvalue weighted by molar-refractivity contribution is 6.10. The Kier molecular flexibility index (Phi) is 5.81. The van der Waals surface area contributed by atoms with Crippen LogP contribution in [0.1, 0.15) is 58.2 Å². The fourth-order valence-electron chi connectivity index (χ4n) is 5.56. The lowest BCUT2D eigenvalue weighted by molar-refractivity contribution is -0.147. The third-order valence-corrected chi connectivity index (χ3v) is 7.23. The molecule has 1 aromatic heterocycles. The number of carbonyl (C=O) groups is 3. The van der Waals surface area contributed by atoms with Crippen LogP contribution in [0.3, 0.4) is 0 Å². The van der Waals surface area contributed by atoms with Crippen molar-refractivity contribution in [3.05, 3.63) is 36.2 Å². The molecule has 1 aromatic carbocycles. The molecule has 3 heterocycles. The van der Waals surface area contributed by atoms with E-state index >= 15 is 0 Å². The molecule has 7 nitrogen and oxygen atoms in total. The summed E-state index contributed by atoms with van der Waals surface area (Å²) < 4.78 is 2.28. The number of imide groups is 1. The molecule has 0 saturated carbocycles. The highest BCUT2D eigenvalue weighted by Crippen LogP contribution is 2.37. The summed E-state index contributed by atoms with van der Waals surface area (Å²) in [6, 6.07) is 5.00. The molecular formula is C26H32N4O3. The largest absolute Gasteiger partial charge is 0.328 e. The summed E-state index contributed by atoms with van der Waals surface area (Å²) in [6.45, 7) is 4.98. The average molecular weight is 449 g/mol. The zero-order valence-electron chi connectivity index (χ0n) is 19.4. The quantitative estimate of drug-likeness (QED) is 0.552. The number of likely N-dealkylation sites (tertiary alicyclic amines) is 1. The number of rotatable bonds is 5. The second kappa shape index (κ2) is 8.76. The van der Waals surface area contributed by atoms with Gasteiger partial charge in [0.25, 0.3) is 0 Å². The van der Waals surface area contributed by atoms with Crippen LogP contribution in [0.2, 0.25) is 0 Å².